The summed E-state index contributed by atoms with van der Waals surface area (Å²) < 4.78 is 5.85. The molecule has 4 rings (SSSR count). The lowest BCUT2D eigenvalue weighted by Crippen LogP contribution is -2.45. The maximum Gasteiger partial charge on any atom is 0.124 e. The first-order valence-corrected chi connectivity index (χ1v) is 9.25. The van der Waals surface area contributed by atoms with Gasteiger partial charge in [0.15, 0.2) is 0 Å². The average molecular weight is 411 g/mol. The molecule has 4 nitrogen and oxygen atoms in total. The molecular weight excluding hydrogens is 383 g/mol. The van der Waals surface area contributed by atoms with Gasteiger partial charge in [0, 0.05) is 43.9 Å². The van der Waals surface area contributed by atoms with Crippen LogP contribution in [0.5, 0.6) is 11.5 Å². The van der Waals surface area contributed by atoms with Gasteiger partial charge in [-0.05, 0) is 30.4 Å². The predicted molar refractivity (Wildman–Crippen MR) is 113 cm³/mol. The molecule has 2 N–H and O–H groups in total. The summed E-state index contributed by atoms with van der Waals surface area (Å²) in [7, 11) is 0. The average Bonchev–Trinajstić information content (AvgIpc) is 3.49. The number of halogens is 2. The minimum atomic E-state index is 0. The molecule has 1 heterocycles. The Morgan fingerprint density at radius 2 is 1.74 bits per heavy atom. The predicted octanol–water partition coefficient (Wildman–Crippen LogP) is 4.17. The second kappa shape index (κ2) is 10.2. The van der Waals surface area contributed by atoms with Gasteiger partial charge in [0.1, 0.15) is 18.1 Å². The molecule has 6 heteroatoms. The lowest BCUT2D eigenvalue weighted by atomic mass is 9.98. The van der Waals surface area contributed by atoms with Crippen molar-refractivity contribution in [1.82, 2.24) is 10.2 Å². The Kier molecular flexibility index (Phi) is 8.24. The molecule has 0 amide bonds. The summed E-state index contributed by atoms with van der Waals surface area (Å²) >= 11 is 0. The number of phenolic OH excluding ortho intramolecular Hbond substituents is 1. The van der Waals surface area contributed by atoms with E-state index in [1.54, 1.807) is 6.07 Å². The number of nitrogens with zero attached hydrogens (tertiary/aromatic N) is 1. The van der Waals surface area contributed by atoms with E-state index >= 15 is 0 Å². The number of piperazine rings is 1. The number of ether oxygens (including phenoxy) is 1. The molecule has 1 atom stereocenters. The summed E-state index contributed by atoms with van der Waals surface area (Å²) in [5.41, 5.74) is 2.18. The third kappa shape index (κ3) is 5.52. The van der Waals surface area contributed by atoms with Gasteiger partial charge in [-0.3, -0.25) is 4.90 Å². The topological polar surface area (TPSA) is 44.7 Å². The zero-order valence-corrected chi connectivity index (χ0v) is 17.0. The minimum Gasteiger partial charge on any atom is -0.507 e. The summed E-state index contributed by atoms with van der Waals surface area (Å²) in [6, 6.07) is 16.3. The van der Waals surface area contributed by atoms with Crippen molar-refractivity contribution >= 4 is 24.8 Å². The number of hydrogen-bond donors (Lipinski definition) is 2. The molecule has 2 aromatic carbocycles. The van der Waals surface area contributed by atoms with Crippen molar-refractivity contribution < 1.29 is 9.84 Å². The highest BCUT2D eigenvalue weighted by molar-refractivity contribution is 5.85. The number of benzene rings is 2. The molecule has 0 bridgehead atoms. The smallest absolute Gasteiger partial charge is 0.124 e. The highest BCUT2D eigenvalue weighted by Crippen LogP contribution is 2.47. The third-order valence-corrected chi connectivity index (χ3v) is 5.18. The minimum absolute atomic E-state index is 0. The standard InChI is InChI=1S/C21H26N2O2.2ClH/c24-20-14-18(25-15-16-4-2-1-3-5-16)8-9-19(20)21(17-6-7-17)23-12-10-22-11-13-23;;/h1-5,8-9,14,17,21-22,24H,6-7,10-13,15H2;2*1H/t21-;;/m0../s1. The monoisotopic (exact) mass is 410 g/mol. The Labute approximate surface area is 173 Å². The molecule has 2 fully saturated rings. The van der Waals surface area contributed by atoms with Crippen molar-refractivity contribution in [3.8, 4) is 11.5 Å². The molecule has 1 aliphatic carbocycles. The van der Waals surface area contributed by atoms with Gasteiger partial charge in [0.2, 0.25) is 0 Å². The summed E-state index contributed by atoms with van der Waals surface area (Å²) in [6.07, 6.45) is 2.53. The Morgan fingerprint density at radius 1 is 1.04 bits per heavy atom. The van der Waals surface area contributed by atoms with Crippen LogP contribution in [-0.4, -0.2) is 36.2 Å². The molecule has 27 heavy (non-hydrogen) atoms. The van der Waals surface area contributed by atoms with Gasteiger partial charge in [0.05, 0.1) is 0 Å². The first-order valence-electron chi connectivity index (χ1n) is 9.25. The van der Waals surface area contributed by atoms with E-state index in [1.807, 2.05) is 36.4 Å². The second-order valence-electron chi connectivity index (χ2n) is 7.06. The highest BCUT2D eigenvalue weighted by atomic mass is 35.5. The second-order valence-corrected chi connectivity index (χ2v) is 7.06. The van der Waals surface area contributed by atoms with Crippen LogP contribution in [0, 0.1) is 5.92 Å². The molecule has 2 aromatic rings. The van der Waals surface area contributed by atoms with Gasteiger partial charge in [-0.25, -0.2) is 0 Å². The largest absolute Gasteiger partial charge is 0.507 e. The van der Waals surface area contributed by atoms with Crippen molar-refractivity contribution in [2.45, 2.75) is 25.5 Å². The van der Waals surface area contributed by atoms with Crippen LogP contribution in [0.25, 0.3) is 0 Å². The first-order chi connectivity index (χ1) is 12.3. The van der Waals surface area contributed by atoms with Crippen molar-refractivity contribution in [1.29, 1.82) is 0 Å². The molecule has 0 spiro atoms. The summed E-state index contributed by atoms with van der Waals surface area (Å²) in [5.74, 6) is 1.76. The highest BCUT2D eigenvalue weighted by Gasteiger charge is 2.38. The zero-order valence-electron chi connectivity index (χ0n) is 15.3. The van der Waals surface area contributed by atoms with Crippen molar-refractivity contribution in [2.75, 3.05) is 26.2 Å². The molecule has 1 aliphatic heterocycles. The number of nitrogens with one attached hydrogen (secondary N) is 1. The van der Waals surface area contributed by atoms with Crippen LogP contribution < -0.4 is 10.1 Å². The van der Waals surface area contributed by atoms with Gasteiger partial charge in [-0.1, -0.05) is 36.4 Å². The molecule has 148 valence electrons. The zero-order chi connectivity index (χ0) is 17.1. The number of hydrogen-bond acceptors (Lipinski definition) is 4. The van der Waals surface area contributed by atoms with E-state index in [1.165, 1.54) is 12.8 Å². The summed E-state index contributed by atoms with van der Waals surface area (Å²) in [5, 5.41) is 14.1. The van der Waals surface area contributed by atoms with Gasteiger partial charge in [0.25, 0.3) is 0 Å². The van der Waals surface area contributed by atoms with E-state index in [9.17, 15) is 5.11 Å². The Balaban J connectivity index is 0.00000131. The van der Waals surface area contributed by atoms with Gasteiger partial charge in [-0.2, -0.15) is 0 Å². The van der Waals surface area contributed by atoms with Crippen molar-refractivity contribution in [3.63, 3.8) is 0 Å². The third-order valence-electron chi connectivity index (χ3n) is 5.18. The van der Waals surface area contributed by atoms with Crippen LogP contribution in [-0.2, 0) is 6.61 Å². The first kappa shape index (κ1) is 21.8. The lowest BCUT2D eigenvalue weighted by Gasteiger charge is -2.35. The molecule has 1 saturated heterocycles. The quantitative estimate of drug-likeness (QED) is 0.749. The Hall–Kier alpha value is -1.46. The van der Waals surface area contributed by atoms with Gasteiger partial charge >= 0.3 is 0 Å². The van der Waals surface area contributed by atoms with Crippen LogP contribution in [0.4, 0.5) is 0 Å². The van der Waals surface area contributed by atoms with E-state index in [4.69, 9.17) is 4.74 Å². The molecule has 1 saturated carbocycles. The fraction of sp³-hybridized carbons (Fsp3) is 0.429. The van der Waals surface area contributed by atoms with Crippen molar-refractivity contribution in [3.05, 3.63) is 59.7 Å². The van der Waals surface area contributed by atoms with Crippen LogP contribution in [0.15, 0.2) is 48.5 Å². The van der Waals surface area contributed by atoms with Crippen LogP contribution in [0.2, 0.25) is 0 Å². The Bertz CT molecular complexity index is 705. The van der Waals surface area contributed by atoms with Crippen molar-refractivity contribution in [2.24, 2.45) is 5.92 Å². The molecule has 2 aliphatic rings. The van der Waals surface area contributed by atoms with E-state index in [0.29, 0.717) is 24.3 Å². The SMILES string of the molecule is Cl.Cl.Oc1cc(OCc2ccccc2)ccc1[C@H](C1CC1)N1CCNCC1. The fourth-order valence-corrected chi connectivity index (χ4v) is 3.73. The molecular formula is C21H28Cl2N2O2. The van der Waals surface area contributed by atoms with Gasteiger partial charge in [-0.15, -0.1) is 24.8 Å². The number of rotatable bonds is 6. The fourth-order valence-electron chi connectivity index (χ4n) is 3.73. The van der Waals surface area contributed by atoms with E-state index < -0.39 is 0 Å². The molecule has 0 unspecified atom stereocenters. The number of phenols is 1. The van der Waals surface area contributed by atoms with Crippen LogP contribution >= 0.6 is 24.8 Å². The summed E-state index contributed by atoms with van der Waals surface area (Å²) in [4.78, 5) is 2.52. The normalized spacial score (nSPS) is 18.1. The van der Waals surface area contributed by atoms with Gasteiger partial charge < -0.3 is 15.2 Å². The Morgan fingerprint density at radius 3 is 2.37 bits per heavy atom. The number of aromatic hydroxyl groups is 1. The van der Waals surface area contributed by atoms with Crippen LogP contribution in [0.3, 0.4) is 0 Å². The molecule has 0 aromatic heterocycles. The summed E-state index contributed by atoms with van der Waals surface area (Å²) in [6.45, 7) is 4.67. The van der Waals surface area contributed by atoms with E-state index in [-0.39, 0.29) is 24.8 Å². The molecule has 0 radical (unpaired) electrons. The van der Waals surface area contributed by atoms with E-state index in [2.05, 4.69) is 16.3 Å². The van der Waals surface area contributed by atoms with Crippen LogP contribution in [0.1, 0.15) is 30.0 Å². The maximum absolute atomic E-state index is 10.6. The lowest BCUT2D eigenvalue weighted by molar-refractivity contribution is 0.153. The maximum atomic E-state index is 10.6. The van der Waals surface area contributed by atoms with E-state index in [0.717, 1.165) is 43.1 Å².